The zero-order valence-corrected chi connectivity index (χ0v) is 18.2. The summed E-state index contributed by atoms with van der Waals surface area (Å²) in [5.74, 6) is 3.30. The lowest BCUT2D eigenvalue weighted by Crippen LogP contribution is -2.46. The molecule has 3 unspecified atom stereocenters. The quantitative estimate of drug-likeness (QED) is 0.716. The number of carbonyl (C=O) groups excluding carboxylic acids is 1. The number of piperidine rings is 1. The van der Waals surface area contributed by atoms with E-state index in [1.54, 1.807) is 0 Å². The van der Waals surface area contributed by atoms with Crippen LogP contribution in [0.25, 0.3) is 0 Å². The zero-order valence-electron chi connectivity index (χ0n) is 18.2. The van der Waals surface area contributed by atoms with Crippen molar-refractivity contribution >= 4 is 11.6 Å². The average Bonchev–Trinajstić information content (AvgIpc) is 3.02. The van der Waals surface area contributed by atoms with Gasteiger partial charge >= 0.3 is 0 Å². The van der Waals surface area contributed by atoms with Crippen molar-refractivity contribution < 1.29 is 4.79 Å². The number of amides is 1. The first-order valence-corrected chi connectivity index (χ1v) is 11.7. The Morgan fingerprint density at radius 1 is 1.14 bits per heavy atom. The lowest BCUT2D eigenvalue weighted by atomic mass is 9.77. The molecule has 2 heterocycles. The molecular weight excluding hydrogens is 344 g/mol. The van der Waals surface area contributed by atoms with Crippen molar-refractivity contribution in [2.45, 2.75) is 84.1 Å². The number of nitrogens with one attached hydrogen (secondary N) is 1. The predicted molar refractivity (Wildman–Crippen MR) is 117 cm³/mol. The maximum Gasteiger partial charge on any atom is 0.231 e. The van der Waals surface area contributed by atoms with Crippen molar-refractivity contribution in [3.63, 3.8) is 0 Å². The Balaban J connectivity index is 1.39. The largest absolute Gasteiger partial charge is 0.325 e. The summed E-state index contributed by atoms with van der Waals surface area (Å²) in [5.41, 5.74) is 3.69. The molecule has 1 aliphatic carbocycles. The number of rotatable bonds is 4. The number of carbonyl (C=O) groups is 1. The Bertz CT molecular complexity index is 704. The lowest BCUT2D eigenvalue weighted by Gasteiger charge is -2.44. The van der Waals surface area contributed by atoms with Crippen LogP contribution in [0.15, 0.2) is 18.2 Å². The van der Waals surface area contributed by atoms with E-state index in [1.807, 2.05) is 0 Å². The molecule has 3 nitrogen and oxygen atoms in total. The molecule has 1 aromatic carbocycles. The molecule has 28 heavy (non-hydrogen) atoms. The van der Waals surface area contributed by atoms with Gasteiger partial charge in [0.25, 0.3) is 0 Å². The number of hydrogen-bond donors (Lipinski definition) is 1. The molecule has 1 N–H and O–H groups in total. The van der Waals surface area contributed by atoms with E-state index >= 15 is 0 Å². The normalized spacial score (nSPS) is 33.8. The maximum atomic E-state index is 12.2. The van der Waals surface area contributed by atoms with E-state index in [0.29, 0.717) is 11.8 Å². The first kappa shape index (κ1) is 19.9. The Morgan fingerprint density at radius 3 is 2.54 bits per heavy atom. The number of hydrogen-bond acceptors (Lipinski definition) is 2. The molecule has 2 fully saturated rings. The van der Waals surface area contributed by atoms with Crippen molar-refractivity contribution in [2.24, 2.45) is 17.8 Å². The third-order valence-corrected chi connectivity index (χ3v) is 8.00. The maximum absolute atomic E-state index is 12.2. The number of anilines is 1. The number of likely N-dealkylation sites (tertiary alicyclic amines) is 1. The van der Waals surface area contributed by atoms with E-state index in [1.165, 1.54) is 56.3 Å². The molecule has 0 bridgehead atoms. The van der Waals surface area contributed by atoms with Gasteiger partial charge in [-0.2, -0.15) is 0 Å². The van der Waals surface area contributed by atoms with Gasteiger partial charge in [-0.3, -0.25) is 4.79 Å². The van der Waals surface area contributed by atoms with Gasteiger partial charge in [-0.15, -0.1) is 0 Å². The molecule has 2 aliphatic heterocycles. The van der Waals surface area contributed by atoms with Crippen LogP contribution in [0.1, 0.15) is 89.2 Å². The van der Waals surface area contributed by atoms with Gasteiger partial charge in [0.1, 0.15) is 0 Å². The highest BCUT2D eigenvalue weighted by Gasteiger charge is 2.35. The highest BCUT2D eigenvalue weighted by atomic mass is 16.2. The van der Waals surface area contributed by atoms with E-state index in [-0.39, 0.29) is 11.8 Å². The molecule has 3 atom stereocenters. The highest BCUT2D eigenvalue weighted by Crippen LogP contribution is 2.41. The van der Waals surface area contributed by atoms with Crippen molar-refractivity contribution in [1.29, 1.82) is 0 Å². The molecule has 1 saturated heterocycles. The van der Waals surface area contributed by atoms with Gasteiger partial charge in [0.2, 0.25) is 5.91 Å². The van der Waals surface area contributed by atoms with Crippen molar-refractivity contribution in [3.05, 3.63) is 29.3 Å². The van der Waals surface area contributed by atoms with Crippen molar-refractivity contribution in [2.75, 3.05) is 18.4 Å². The molecule has 0 aromatic heterocycles. The summed E-state index contributed by atoms with van der Waals surface area (Å²) in [4.78, 5) is 15.0. The number of fused-ring (bicyclic) bond motifs is 1. The summed E-state index contributed by atoms with van der Waals surface area (Å²) < 4.78 is 0. The minimum absolute atomic E-state index is 0.0456. The molecule has 1 amide bonds. The summed E-state index contributed by atoms with van der Waals surface area (Å²) in [6.45, 7) is 11.8. The van der Waals surface area contributed by atoms with Crippen molar-refractivity contribution in [3.8, 4) is 0 Å². The number of benzene rings is 1. The summed E-state index contributed by atoms with van der Waals surface area (Å²) in [5, 5.41) is 3.12. The van der Waals surface area contributed by atoms with Crippen LogP contribution >= 0.6 is 0 Å². The summed E-state index contributed by atoms with van der Waals surface area (Å²) in [6, 6.07) is 7.59. The fourth-order valence-electron chi connectivity index (χ4n) is 6.12. The van der Waals surface area contributed by atoms with E-state index in [2.05, 4.69) is 56.1 Å². The second-order valence-electron chi connectivity index (χ2n) is 9.98. The second kappa shape index (κ2) is 8.18. The van der Waals surface area contributed by atoms with Crippen LogP contribution in [-0.4, -0.2) is 29.9 Å². The van der Waals surface area contributed by atoms with Crippen LogP contribution in [0, 0.1) is 17.8 Å². The fraction of sp³-hybridized carbons (Fsp3) is 0.720. The minimum atomic E-state index is 0.0456. The molecule has 3 heteroatoms. The Morgan fingerprint density at radius 2 is 1.89 bits per heavy atom. The van der Waals surface area contributed by atoms with Crippen LogP contribution in [0.4, 0.5) is 5.69 Å². The molecule has 0 radical (unpaired) electrons. The van der Waals surface area contributed by atoms with Gasteiger partial charge < -0.3 is 10.2 Å². The summed E-state index contributed by atoms with van der Waals surface area (Å²) in [6.07, 6.45) is 7.74. The first-order valence-electron chi connectivity index (χ1n) is 11.7. The third kappa shape index (κ3) is 3.75. The standard InChI is InChI=1S/C25H38N2O/c1-5-21-23-11-8-19(14-24(23)26-25(21)28)22-12-13-27(15-17(22)4)20-9-6-18(7-10-20)16(2)3/h8,11,14,16-18,20-22H,5-7,9-10,12-13,15H2,1-4H3,(H,26,28). The molecule has 3 aliphatic rings. The smallest absolute Gasteiger partial charge is 0.231 e. The number of nitrogens with zero attached hydrogens (tertiary/aromatic N) is 1. The highest BCUT2D eigenvalue weighted by molar-refractivity contribution is 6.02. The van der Waals surface area contributed by atoms with Gasteiger partial charge in [0.15, 0.2) is 0 Å². The van der Waals surface area contributed by atoms with Crippen LogP contribution in [0.3, 0.4) is 0 Å². The minimum Gasteiger partial charge on any atom is -0.325 e. The zero-order chi connectivity index (χ0) is 19.8. The summed E-state index contributed by atoms with van der Waals surface area (Å²) >= 11 is 0. The van der Waals surface area contributed by atoms with E-state index < -0.39 is 0 Å². The molecule has 0 spiro atoms. The predicted octanol–water partition coefficient (Wildman–Crippen LogP) is 5.77. The fourth-order valence-corrected chi connectivity index (χ4v) is 6.12. The van der Waals surface area contributed by atoms with Crippen LogP contribution in [0.5, 0.6) is 0 Å². The third-order valence-electron chi connectivity index (χ3n) is 8.00. The van der Waals surface area contributed by atoms with Gasteiger partial charge in [0.05, 0.1) is 5.92 Å². The van der Waals surface area contributed by atoms with Gasteiger partial charge in [-0.1, -0.05) is 39.8 Å². The molecular formula is C25H38N2O. The lowest BCUT2D eigenvalue weighted by molar-refractivity contribution is -0.117. The Labute approximate surface area is 171 Å². The molecule has 4 rings (SSSR count). The Kier molecular flexibility index (Phi) is 5.83. The van der Waals surface area contributed by atoms with Crippen molar-refractivity contribution in [1.82, 2.24) is 4.90 Å². The van der Waals surface area contributed by atoms with Crippen LogP contribution in [0.2, 0.25) is 0 Å². The monoisotopic (exact) mass is 382 g/mol. The van der Waals surface area contributed by atoms with Crippen LogP contribution < -0.4 is 5.32 Å². The van der Waals surface area contributed by atoms with Gasteiger partial charge in [0, 0.05) is 18.3 Å². The van der Waals surface area contributed by atoms with Gasteiger partial charge in [-0.05, 0) is 85.9 Å². The topological polar surface area (TPSA) is 32.3 Å². The molecule has 154 valence electrons. The summed E-state index contributed by atoms with van der Waals surface area (Å²) in [7, 11) is 0. The van der Waals surface area contributed by atoms with E-state index in [9.17, 15) is 4.79 Å². The van der Waals surface area contributed by atoms with Gasteiger partial charge in [-0.25, -0.2) is 0 Å². The SMILES string of the molecule is CCC1C(=O)Nc2cc(C3CCN(C4CCC(C(C)C)CC4)CC3C)ccc21. The van der Waals surface area contributed by atoms with E-state index in [0.717, 1.165) is 30.0 Å². The molecule has 1 saturated carbocycles. The van der Waals surface area contributed by atoms with Crippen LogP contribution in [-0.2, 0) is 4.79 Å². The first-order chi connectivity index (χ1) is 13.5. The second-order valence-corrected chi connectivity index (χ2v) is 9.98. The van der Waals surface area contributed by atoms with E-state index in [4.69, 9.17) is 0 Å². The average molecular weight is 383 g/mol. The Hall–Kier alpha value is -1.35. The molecule has 1 aromatic rings.